The molecule has 3 N–H and O–H groups in total. The van der Waals surface area contributed by atoms with Crippen molar-refractivity contribution >= 4 is 21.6 Å². The highest BCUT2D eigenvalue weighted by atomic mass is 32.2. The van der Waals surface area contributed by atoms with E-state index in [0.29, 0.717) is 12.3 Å². The summed E-state index contributed by atoms with van der Waals surface area (Å²) in [6, 6.07) is 4.26. The SMILES string of the molecule is COCC(C)CC(=O)Nc1ccc(OC)c(S(N)(=O)=O)c1. The minimum absolute atomic E-state index is 0.0611. The van der Waals surface area contributed by atoms with Crippen LogP contribution < -0.4 is 15.2 Å². The van der Waals surface area contributed by atoms with Gasteiger partial charge in [-0.1, -0.05) is 6.92 Å². The van der Waals surface area contributed by atoms with E-state index in [1.807, 2.05) is 6.92 Å². The summed E-state index contributed by atoms with van der Waals surface area (Å²) in [5.74, 6) is -0.0423. The predicted molar refractivity (Wildman–Crippen MR) is 78.7 cm³/mol. The van der Waals surface area contributed by atoms with Crippen LogP contribution in [0.5, 0.6) is 5.75 Å². The van der Waals surface area contributed by atoms with E-state index in [1.54, 1.807) is 13.2 Å². The molecule has 1 amide bonds. The van der Waals surface area contributed by atoms with Crippen molar-refractivity contribution in [3.63, 3.8) is 0 Å². The molecule has 0 bridgehead atoms. The van der Waals surface area contributed by atoms with Crippen LogP contribution >= 0.6 is 0 Å². The van der Waals surface area contributed by atoms with Gasteiger partial charge >= 0.3 is 0 Å². The molecule has 0 aliphatic heterocycles. The van der Waals surface area contributed by atoms with Gasteiger partial charge in [0.2, 0.25) is 15.9 Å². The minimum atomic E-state index is -3.93. The molecule has 1 atom stereocenters. The first kappa shape index (κ1) is 17.4. The number of methoxy groups -OCH3 is 2. The van der Waals surface area contributed by atoms with E-state index in [4.69, 9.17) is 14.6 Å². The first-order valence-corrected chi connectivity index (χ1v) is 7.82. The molecule has 0 radical (unpaired) electrons. The predicted octanol–water partition coefficient (Wildman–Crippen LogP) is 0.954. The Balaban J connectivity index is 2.88. The molecule has 1 rings (SSSR count). The Morgan fingerprint density at radius 1 is 1.38 bits per heavy atom. The van der Waals surface area contributed by atoms with Gasteiger partial charge in [-0.15, -0.1) is 0 Å². The van der Waals surface area contributed by atoms with E-state index >= 15 is 0 Å². The van der Waals surface area contributed by atoms with Crippen LogP contribution in [0, 0.1) is 5.92 Å². The fourth-order valence-corrected chi connectivity index (χ4v) is 2.57. The van der Waals surface area contributed by atoms with Crippen molar-refractivity contribution in [3.05, 3.63) is 18.2 Å². The average Bonchev–Trinajstić information content (AvgIpc) is 2.37. The molecule has 0 spiro atoms. The largest absolute Gasteiger partial charge is 0.495 e. The standard InChI is InChI=1S/C13H20N2O5S/c1-9(8-19-2)6-13(16)15-10-4-5-11(20-3)12(7-10)21(14,17)18/h4-5,7,9H,6,8H2,1-3H3,(H,15,16)(H2,14,17,18). The highest BCUT2D eigenvalue weighted by Crippen LogP contribution is 2.26. The molecule has 118 valence electrons. The quantitative estimate of drug-likeness (QED) is 0.779. The van der Waals surface area contributed by atoms with Gasteiger partial charge < -0.3 is 14.8 Å². The molecule has 1 aromatic carbocycles. The zero-order valence-corrected chi connectivity index (χ0v) is 13.1. The third-order valence-corrected chi connectivity index (χ3v) is 3.67. The van der Waals surface area contributed by atoms with E-state index in [2.05, 4.69) is 5.32 Å². The van der Waals surface area contributed by atoms with Gasteiger partial charge in [-0.25, -0.2) is 13.6 Å². The fourth-order valence-electron chi connectivity index (χ4n) is 1.85. The summed E-state index contributed by atoms with van der Waals surface area (Å²) >= 11 is 0. The van der Waals surface area contributed by atoms with Gasteiger partial charge in [0, 0.05) is 25.8 Å². The lowest BCUT2D eigenvalue weighted by Gasteiger charge is -2.12. The topological polar surface area (TPSA) is 108 Å². The van der Waals surface area contributed by atoms with E-state index in [1.165, 1.54) is 19.2 Å². The number of carbonyl (C=O) groups excluding carboxylic acids is 1. The Bertz CT molecular complexity index is 601. The van der Waals surface area contributed by atoms with E-state index < -0.39 is 10.0 Å². The molecular weight excluding hydrogens is 296 g/mol. The Morgan fingerprint density at radius 3 is 2.57 bits per heavy atom. The maximum absolute atomic E-state index is 11.8. The van der Waals surface area contributed by atoms with E-state index in [-0.39, 0.29) is 28.9 Å². The number of nitrogens with one attached hydrogen (secondary N) is 1. The molecule has 1 aromatic rings. The van der Waals surface area contributed by atoms with Crippen molar-refractivity contribution in [2.45, 2.75) is 18.2 Å². The molecular formula is C13H20N2O5S. The lowest BCUT2D eigenvalue weighted by Crippen LogP contribution is -2.18. The Morgan fingerprint density at radius 2 is 2.05 bits per heavy atom. The van der Waals surface area contributed by atoms with Crippen molar-refractivity contribution in [2.75, 3.05) is 26.1 Å². The van der Waals surface area contributed by atoms with Gasteiger partial charge in [0.1, 0.15) is 10.6 Å². The third kappa shape index (κ3) is 5.33. The number of anilines is 1. The summed E-state index contributed by atoms with van der Waals surface area (Å²) in [5.41, 5.74) is 0.342. The summed E-state index contributed by atoms with van der Waals surface area (Å²) < 4.78 is 32.9. The number of carbonyl (C=O) groups is 1. The van der Waals surface area contributed by atoms with Crippen molar-refractivity contribution < 1.29 is 22.7 Å². The lowest BCUT2D eigenvalue weighted by atomic mass is 10.1. The Kier molecular flexibility index (Phi) is 6.13. The zero-order valence-electron chi connectivity index (χ0n) is 12.3. The molecule has 0 heterocycles. The van der Waals surface area contributed by atoms with Crippen LogP contribution in [-0.2, 0) is 19.6 Å². The van der Waals surface area contributed by atoms with Crippen LogP contribution in [0.1, 0.15) is 13.3 Å². The number of nitrogens with two attached hydrogens (primary N) is 1. The number of primary sulfonamides is 1. The van der Waals surface area contributed by atoms with Gasteiger partial charge in [0.05, 0.1) is 7.11 Å². The van der Waals surface area contributed by atoms with Crippen LogP contribution in [0.15, 0.2) is 23.1 Å². The smallest absolute Gasteiger partial charge is 0.241 e. The summed E-state index contributed by atoms with van der Waals surface area (Å²) in [7, 11) is -1.02. The zero-order chi connectivity index (χ0) is 16.0. The fraction of sp³-hybridized carbons (Fsp3) is 0.462. The van der Waals surface area contributed by atoms with Gasteiger partial charge in [0.25, 0.3) is 0 Å². The number of ether oxygens (including phenoxy) is 2. The summed E-state index contributed by atoms with van der Waals surface area (Å²) in [4.78, 5) is 11.7. The van der Waals surface area contributed by atoms with Gasteiger partial charge in [-0.3, -0.25) is 4.79 Å². The van der Waals surface area contributed by atoms with Crippen molar-refractivity contribution in [1.29, 1.82) is 0 Å². The summed E-state index contributed by atoms with van der Waals surface area (Å²) in [6.45, 7) is 2.35. The normalized spacial score (nSPS) is 12.8. The molecule has 21 heavy (non-hydrogen) atoms. The second kappa shape index (κ2) is 7.39. The van der Waals surface area contributed by atoms with Crippen LogP contribution in [-0.4, -0.2) is 35.2 Å². The number of hydrogen-bond donors (Lipinski definition) is 2. The maximum atomic E-state index is 11.8. The monoisotopic (exact) mass is 316 g/mol. The first-order chi connectivity index (χ1) is 9.77. The Hall–Kier alpha value is -1.64. The van der Waals surface area contributed by atoms with Crippen molar-refractivity contribution in [2.24, 2.45) is 11.1 Å². The number of amides is 1. The second-order valence-corrected chi connectivity index (χ2v) is 6.25. The molecule has 0 aliphatic carbocycles. The van der Waals surface area contributed by atoms with E-state index in [0.717, 1.165) is 0 Å². The molecule has 8 heteroatoms. The molecule has 1 unspecified atom stereocenters. The van der Waals surface area contributed by atoms with Gasteiger partial charge in [-0.05, 0) is 24.1 Å². The lowest BCUT2D eigenvalue weighted by molar-refractivity contribution is -0.117. The third-order valence-electron chi connectivity index (χ3n) is 2.74. The molecule has 0 saturated carbocycles. The summed E-state index contributed by atoms with van der Waals surface area (Å²) in [5, 5.41) is 7.74. The highest BCUT2D eigenvalue weighted by Gasteiger charge is 2.17. The van der Waals surface area contributed by atoms with Crippen molar-refractivity contribution in [3.8, 4) is 5.75 Å². The number of benzene rings is 1. The second-order valence-electron chi connectivity index (χ2n) is 4.72. The molecule has 0 fully saturated rings. The summed E-state index contributed by atoms with van der Waals surface area (Å²) in [6.07, 6.45) is 0.268. The molecule has 0 saturated heterocycles. The number of hydrogen-bond acceptors (Lipinski definition) is 5. The first-order valence-electron chi connectivity index (χ1n) is 6.27. The maximum Gasteiger partial charge on any atom is 0.241 e. The van der Waals surface area contributed by atoms with Crippen LogP contribution in [0.25, 0.3) is 0 Å². The van der Waals surface area contributed by atoms with Crippen LogP contribution in [0.3, 0.4) is 0 Å². The van der Waals surface area contributed by atoms with Crippen LogP contribution in [0.4, 0.5) is 5.69 Å². The number of rotatable bonds is 7. The molecule has 7 nitrogen and oxygen atoms in total. The minimum Gasteiger partial charge on any atom is -0.495 e. The molecule has 0 aliphatic rings. The number of sulfonamides is 1. The Labute approximate surface area is 124 Å². The van der Waals surface area contributed by atoms with Gasteiger partial charge in [0.15, 0.2) is 0 Å². The molecule has 0 aromatic heterocycles. The highest BCUT2D eigenvalue weighted by molar-refractivity contribution is 7.89. The van der Waals surface area contributed by atoms with Crippen LogP contribution in [0.2, 0.25) is 0 Å². The van der Waals surface area contributed by atoms with E-state index in [9.17, 15) is 13.2 Å². The van der Waals surface area contributed by atoms with Crippen molar-refractivity contribution in [1.82, 2.24) is 0 Å². The van der Waals surface area contributed by atoms with Gasteiger partial charge in [-0.2, -0.15) is 0 Å². The average molecular weight is 316 g/mol.